The first-order valence-corrected chi connectivity index (χ1v) is 15.5. The second-order valence-electron chi connectivity index (χ2n) is 12.6. The van der Waals surface area contributed by atoms with E-state index in [1.165, 1.54) is 76.1 Å². The van der Waals surface area contributed by atoms with Gasteiger partial charge in [0.05, 0.1) is 0 Å². The molecule has 5 aliphatic rings. The van der Waals surface area contributed by atoms with Crippen LogP contribution in [0.4, 0.5) is 11.4 Å². The number of anilines is 2. The van der Waals surface area contributed by atoms with Crippen molar-refractivity contribution in [1.82, 2.24) is 0 Å². The molecule has 0 saturated heterocycles. The Morgan fingerprint density at radius 3 is 2.50 bits per heavy atom. The van der Waals surface area contributed by atoms with E-state index in [4.69, 9.17) is 0 Å². The molecule has 0 N–H and O–H groups in total. The predicted molar refractivity (Wildman–Crippen MR) is 162 cm³/mol. The molecule has 2 fully saturated rings. The normalized spacial score (nSPS) is 27.7. The zero-order chi connectivity index (χ0) is 25.0. The zero-order valence-electron chi connectivity index (χ0n) is 22.0. The van der Waals surface area contributed by atoms with Gasteiger partial charge in [0.25, 0.3) is 0 Å². The molecule has 2 aliphatic carbocycles. The van der Waals surface area contributed by atoms with Crippen LogP contribution in [0, 0.1) is 11.8 Å². The van der Waals surface area contributed by atoms with Crippen molar-refractivity contribution in [2.45, 2.75) is 66.7 Å². The van der Waals surface area contributed by atoms with Crippen molar-refractivity contribution >= 4 is 46.2 Å². The number of para-hydroxylation sites is 1. The summed E-state index contributed by atoms with van der Waals surface area (Å²) in [5.74, 6) is 2.43. The van der Waals surface area contributed by atoms with Gasteiger partial charge in [-0.1, -0.05) is 116 Å². The molecule has 9 rings (SSSR count). The molecule has 3 aliphatic heterocycles. The van der Waals surface area contributed by atoms with E-state index in [1.807, 2.05) is 11.8 Å². The zero-order valence-corrected chi connectivity index (χ0v) is 22.8. The molecular weight excluding hydrogens is 477 g/mol. The number of rotatable bonds is 1. The van der Waals surface area contributed by atoms with Crippen molar-refractivity contribution in [3.05, 3.63) is 90.5 Å². The highest BCUT2D eigenvalue weighted by Crippen LogP contribution is 2.62. The fraction of sp³-hybridized carbons (Fsp3) is 0.314. The van der Waals surface area contributed by atoms with Gasteiger partial charge in [-0.15, -0.1) is 0 Å². The van der Waals surface area contributed by atoms with Gasteiger partial charge in [0, 0.05) is 32.6 Å². The van der Waals surface area contributed by atoms with Gasteiger partial charge in [-0.2, -0.15) is 0 Å². The topological polar surface area (TPSA) is 3.24 Å². The highest BCUT2D eigenvalue weighted by atomic mass is 32.2. The fourth-order valence-electron chi connectivity index (χ4n) is 9.22. The van der Waals surface area contributed by atoms with Crippen molar-refractivity contribution in [2.24, 2.45) is 11.8 Å². The minimum atomic E-state index is 0.158. The van der Waals surface area contributed by atoms with Crippen molar-refractivity contribution in [3.8, 4) is 11.1 Å². The van der Waals surface area contributed by atoms with E-state index >= 15 is 0 Å². The SMILES string of the molecule is CC12CC3CCCCC3CC1c1cccc3c1N2c1ccc(-c2ccccc2)c2c1B3c1ccccc1S2. The lowest BCUT2D eigenvalue weighted by molar-refractivity contribution is 0.105. The van der Waals surface area contributed by atoms with Crippen LogP contribution in [-0.4, -0.2) is 12.3 Å². The van der Waals surface area contributed by atoms with Gasteiger partial charge < -0.3 is 4.90 Å². The van der Waals surface area contributed by atoms with E-state index in [-0.39, 0.29) is 5.54 Å². The van der Waals surface area contributed by atoms with Crippen LogP contribution in [0.15, 0.2) is 94.7 Å². The van der Waals surface area contributed by atoms with Crippen molar-refractivity contribution in [1.29, 1.82) is 0 Å². The summed E-state index contributed by atoms with van der Waals surface area (Å²) in [5, 5.41) is 0. The average Bonchev–Trinajstić information content (AvgIpc) is 3.22. The Bertz CT molecular complexity index is 1610. The van der Waals surface area contributed by atoms with Crippen LogP contribution in [-0.2, 0) is 0 Å². The van der Waals surface area contributed by atoms with Crippen LogP contribution in [0.3, 0.4) is 0 Å². The Morgan fingerprint density at radius 1 is 0.816 bits per heavy atom. The minimum Gasteiger partial charge on any atom is -0.336 e. The molecule has 4 unspecified atom stereocenters. The van der Waals surface area contributed by atoms with Crippen LogP contribution < -0.4 is 21.3 Å². The fourth-order valence-corrected chi connectivity index (χ4v) is 10.5. The second-order valence-corrected chi connectivity index (χ2v) is 13.6. The molecule has 4 atom stereocenters. The van der Waals surface area contributed by atoms with Crippen molar-refractivity contribution < 1.29 is 0 Å². The molecule has 38 heavy (non-hydrogen) atoms. The van der Waals surface area contributed by atoms with E-state index in [9.17, 15) is 0 Å². The first kappa shape index (κ1) is 22.0. The monoisotopic (exact) mass is 509 g/mol. The lowest BCUT2D eigenvalue weighted by atomic mass is 9.34. The second kappa shape index (κ2) is 7.82. The Hall–Kier alpha value is -2.91. The third-order valence-corrected chi connectivity index (χ3v) is 12.0. The van der Waals surface area contributed by atoms with Crippen LogP contribution >= 0.6 is 11.8 Å². The summed E-state index contributed by atoms with van der Waals surface area (Å²) in [4.78, 5) is 5.75. The Kier molecular flexibility index (Phi) is 4.52. The Balaban J connectivity index is 1.33. The highest BCUT2D eigenvalue weighted by molar-refractivity contribution is 8.00. The molecule has 3 heterocycles. The van der Waals surface area contributed by atoms with E-state index in [2.05, 4.69) is 96.8 Å². The van der Waals surface area contributed by atoms with Crippen LogP contribution in [0.5, 0.6) is 0 Å². The van der Waals surface area contributed by atoms with Gasteiger partial charge in [0.2, 0.25) is 6.71 Å². The number of nitrogens with zero attached hydrogens (tertiary/aromatic N) is 1. The van der Waals surface area contributed by atoms with Crippen LogP contribution in [0.1, 0.15) is 56.9 Å². The van der Waals surface area contributed by atoms with Crippen LogP contribution in [0.2, 0.25) is 0 Å². The molecule has 0 spiro atoms. The molecule has 0 bridgehead atoms. The number of benzene rings is 4. The Morgan fingerprint density at radius 2 is 1.61 bits per heavy atom. The number of fused-ring (bicyclic) bond motifs is 8. The highest BCUT2D eigenvalue weighted by Gasteiger charge is 2.58. The summed E-state index contributed by atoms with van der Waals surface area (Å²) >= 11 is 2.00. The van der Waals surface area contributed by atoms with Gasteiger partial charge in [-0.05, 0) is 71.3 Å². The molecule has 3 heteroatoms. The summed E-state index contributed by atoms with van der Waals surface area (Å²) in [6, 6.07) is 32.5. The lowest BCUT2D eigenvalue weighted by Gasteiger charge is -2.53. The van der Waals surface area contributed by atoms with Gasteiger partial charge >= 0.3 is 0 Å². The number of hydrogen-bond donors (Lipinski definition) is 0. The molecule has 0 amide bonds. The van der Waals surface area contributed by atoms with Gasteiger partial charge in [0.15, 0.2) is 0 Å². The van der Waals surface area contributed by atoms with Crippen LogP contribution in [0.25, 0.3) is 11.1 Å². The lowest BCUT2D eigenvalue weighted by Crippen LogP contribution is -2.62. The number of hydrogen-bond acceptors (Lipinski definition) is 2. The Labute approximate surface area is 230 Å². The molecule has 4 aromatic rings. The van der Waals surface area contributed by atoms with E-state index in [1.54, 1.807) is 16.7 Å². The standard InChI is InChI=1S/C35H32BNS/c1-35-21-24-13-6-5-12-23(24)20-27(35)26-14-9-16-29-33(26)37(35)30-19-18-25(22-10-3-2-4-11-22)34-32(30)36(29)28-15-7-8-17-31(28)38-34/h2-4,7-11,14-19,23-24,27H,5-6,12-13,20-21H2,1H3. The first-order chi connectivity index (χ1) is 18.7. The average molecular weight is 510 g/mol. The minimum absolute atomic E-state index is 0.158. The maximum Gasteiger partial charge on any atom is 0.249 e. The molecule has 0 aromatic heterocycles. The van der Waals surface area contributed by atoms with E-state index < -0.39 is 0 Å². The molecular formula is C35H32BNS. The van der Waals surface area contributed by atoms with Gasteiger partial charge in [-0.3, -0.25) is 0 Å². The third-order valence-electron chi connectivity index (χ3n) is 10.8. The van der Waals surface area contributed by atoms with Gasteiger partial charge in [0.1, 0.15) is 0 Å². The van der Waals surface area contributed by atoms with E-state index in [0.717, 1.165) is 11.8 Å². The summed E-state index contributed by atoms with van der Waals surface area (Å²) in [7, 11) is 0. The summed E-state index contributed by atoms with van der Waals surface area (Å²) < 4.78 is 0. The smallest absolute Gasteiger partial charge is 0.249 e. The third kappa shape index (κ3) is 2.76. The molecule has 4 aromatic carbocycles. The molecule has 1 nitrogen and oxygen atoms in total. The maximum absolute atomic E-state index is 2.87. The summed E-state index contributed by atoms with van der Waals surface area (Å²) in [5.41, 5.74) is 12.1. The van der Waals surface area contributed by atoms with Gasteiger partial charge in [-0.25, -0.2) is 0 Å². The quantitative estimate of drug-likeness (QED) is 0.219. The molecule has 186 valence electrons. The van der Waals surface area contributed by atoms with E-state index in [0.29, 0.717) is 12.6 Å². The molecule has 0 radical (unpaired) electrons. The van der Waals surface area contributed by atoms with Crippen molar-refractivity contribution in [3.63, 3.8) is 0 Å². The maximum atomic E-state index is 2.87. The summed E-state index contributed by atoms with van der Waals surface area (Å²) in [6.07, 6.45) is 8.44. The largest absolute Gasteiger partial charge is 0.336 e. The van der Waals surface area contributed by atoms with Crippen molar-refractivity contribution in [2.75, 3.05) is 4.90 Å². The predicted octanol–water partition coefficient (Wildman–Crippen LogP) is 7.24. The summed E-state index contributed by atoms with van der Waals surface area (Å²) in [6.45, 7) is 2.92. The first-order valence-electron chi connectivity index (χ1n) is 14.6. The molecule has 2 saturated carbocycles.